The fourth-order valence-corrected chi connectivity index (χ4v) is 9.07. The highest BCUT2D eigenvalue weighted by Gasteiger charge is 2.15. The van der Waals surface area contributed by atoms with Gasteiger partial charge < -0.3 is 18.9 Å². The van der Waals surface area contributed by atoms with Crippen LogP contribution in [0.15, 0.2) is 109 Å². The van der Waals surface area contributed by atoms with Crippen LogP contribution < -0.4 is 18.9 Å². The van der Waals surface area contributed by atoms with Crippen LogP contribution in [0.3, 0.4) is 0 Å². The van der Waals surface area contributed by atoms with E-state index in [1.165, 1.54) is 240 Å². The van der Waals surface area contributed by atoms with E-state index in [0.717, 1.165) is 35.5 Å². The van der Waals surface area contributed by atoms with Crippen LogP contribution in [0.4, 0.5) is 0 Å². The Kier molecular flexibility index (Phi) is 33.4. The third kappa shape index (κ3) is 29.8. The quantitative estimate of drug-likeness (QED) is 0.0108. The molecule has 0 aliphatic carbocycles. The minimum absolute atomic E-state index is 0.276. The van der Waals surface area contributed by atoms with E-state index in [2.05, 4.69) is 13.8 Å². The molecular weight excluding hydrogens is 933 g/mol. The molecule has 408 valence electrons. The number of ether oxygens (including phenoxy) is 4. The predicted molar refractivity (Wildman–Crippen MR) is 309 cm³/mol. The Bertz CT molecular complexity index is 2030. The van der Waals surface area contributed by atoms with Crippen molar-refractivity contribution in [2.75, 3.05) is 13.2 Å². The molecule has 0 aliphatic rings. The Labute approximate surface area is 452 Å². The zero-order valence-electron chi connectivity index (χ0n) is 46.1. The molecule has 8 nitrogen and oxygen atoms in total. The van der Waals surface area contributed by atoms with Crippen molar-refractivity contribution in [2.45, 2.75) is 213 Å². The summed E-state index contributed by atoms with van der Waals surface area (Å²) in [6, 6.07) is 27.4. The number of benzene rings is 4. The summed E-state index contributed by atoms with van der Waals surface area (Å²) >= 11 is 0. The van der Waals surface area contributed by atoms with Gasteiger partial charge in [-0.2, -0.15) is 0 Å². The van der Waals surface area contributed by atoms with Gasteiger partial charge in [0.25, 0.3) is 0 Å². The maximum Gasteiger partial charge on any atom is 0.336 e. The number of esters is 2. The lowest BCUT2D eigenvalue weighted by molar-refractivity contribution is -0.129. The largest absolute Gasteiger partial charge is 0.494 e. The number of rotatable bonds is 44. The van der Waals surface area contributed by atoms with Gasteiger partial charge in [-0.25, -0.2) is 9.59 Å². The SMILES string of the molecule is CCCCCCCCCCCCCCCCCOc1ccc(/C=C/C(=O)Oc2ccc(C(=O)CC(=O)c3ccc(OC(=O)/C=C/c4ccc(OCCCCCCCCCCCCCCCCC)cc4)cc3)cc2)cc1. The van der Waals surface area contributed by atoms with Crippen molar-refractivity contribution < 1.29 is 38.1 Å². The monoisotopic (exact) mass is 1020 g/mol. The summed E-state index contributed by atoms with van der Waals surface area (Å²) in [6.45, 7) is 5.94. The minimum Gasteiger partial charge on any atom is -0.494 e. The summed E-state index contributed by atoms with van der Waals surface area (Å²) in [6.07, 6.45) is 45.7. The average Bonchev–Trinajstić information content (AvgIpc) is 3.42. The van der Waals surface area contributed by atoms with Crippen LogP contribution in [-0.2, 0) is 9.59 Å². The number of carbonyl (C=O) groups is 4. The maximum atomic E-state index is 13.0. The van der Waals surface area contributed by atoms with E-state index >= 15 is 0 Å². The molecule has 4 rings (SSSR count). The first-order chi connectivity index (χ1) is 36.8. The molecule has 0 heterocycles. The number of ketones is 2. The predicted octanol–water partition coefficient (Wildman–Crippen LogP) is 18.9. The highest BCUT2D eigenvalue weighted by molar-refractivity contribution is 6.13. The van der Waals surface area contributed by atoms with Crippen molar-refractivity contribution in [1.29, 1.82) is 0 Å². The number of hydrogen-bond donors (Lipinski definition) is 0. The van der Waals surface area contributed by atoms with Crippen molar-refractivity contribution in [1.82, 2.24) is 0 Å². The van der Waals surface area contributed by atoms with Gasteiger partial charge in [-0.3, -0.25) is 9.59 Å². The van der Waals surface area contributed by atoms with Crippen LogP contribution in [-0.4, -0.2) is 36.7 Å². The zero-order valence-corrected chi connectivity index (χ0v) is 46.1. The van der Waals surface area contributed by atoms with Gasteiger partial charge in [-0.1, -0.05) is 218 Å². The summed E-state index contributed by atoms with van der Waals surface area (Å²) in [5, 5.41) is 0. The fraction of sp³-hybridized carbons (Fsp3) is 0.522. The Balaban J connectivity index is 1.02. The molecule has 4 aromatic carbocycles. The maximum absolute atomic E-state index is 13.0. The normalized spacial score (nSPS) is 11.3. The topological polar surface area (TPSA) is 105 Å². The summed E-state index contributed by atoms with van der Waals surface area (Å²) in [7, 11) is 0. The number of carbonyl (C=O) groups excluding carboxylic acids is 4. The van der Waals surface area contributed by atoms with Crippen molar-refractivity contribution in [3.8, 4) is 23.0 Å². The van der Waals surface area contributed by atoms with E-state index in [4.69, 9.17) is 18.9 Å². The lowest BCUT2D eigenvalue weighted by atomic mass is 10.0. The Morgan fingerprint density at radius 1 is 0.320 bits per heavy atom. The van der Waals surface area contributed by atoms with Gasteiger partial charge in [0.15, 0.2) is 11.6 Å². The van der Waals surface area contributed by atoms with Crippen molar-refractivity contribution in [3.63, 3.8) is 0 Å². The van der Waals surface area contributed by atoms with Crippen LogP contribution in [0.5, 0.6) is 23.0 Å². The highest BCUT2D eigenvalue weighted by Crippen LogP contribution is 2.21. The van der Waals surface area contributed by atoms with E-state index in [1.807, 2.05) is 48.5 Å². The molecule has 0 saturated carbocycles. The van der Waals surface area contributed by atoms with E-state index in [9.17, 15) is 19.2 Å². The van der Waals surface area contributed by atoms with Gasteiger partial charge in [-0.05, 0) is 109 Å². The van der Waals surface area contributed by atoms with Gasteiger partial charge in [0.05, 0.1) is 19.6 Å². The van der Waals surface area contributed by atoms with Crippen LogP contribution >= 0.6 is 0 Å². The second-order valence-electron chi connectivity index (χ2n) is 20.3. The molecule has 0 N–H and O–H groups in total. The first-order valence-electron chi connectivity index (χ1n) is 29.3. The van der Waals surface area contributed by atoms with Gasteiger partial charge in [0.1, 0.15) is 23.0 Å². The third-order valence-electron chi connectivity index (χ3n) is 13.7. The van der Waals surface area contributed by atoms with Crippen LogP contribution in [0.2, 0.25) is 0 Å². The van der Waals surface area contributed by atoms with E-state index in [1.54, 1.807) is 12.2 Å². The third-order valence-corrected chi connectivity index (χ3v) is 13.7. The molecule has 4 aromatic rings. The lowest BCUT2D eigenvalue weighted by Gasteiger charge is -2.07. The molecule has 0 saturated heterocycles. The van der Waals surface area contributed by atoms with Gasteiger partial charge in [-0.15, -0.1) is 0 Å². The highest BCUT2D eigenvalue weighted by atomic mass is 16.5. The Hall–Kier alpha value is -5.76. The molecule has 0 amide bonds. The van der Waals surface area contributed by atoms with Crippen molar-refractivity contribution >= 4 is 35.7 Å². The van der Waals surface area contributed by atoms with Gasteiger partial charge >= 0.3 is 11.9 Å². The molecule has 0 fully saturated rings. The van der Waals surface area contributed by atoms with Crippen molar-refractivity contribution in [2.24, 2.45) is 0 Å². The lowest BCUT2D eigenvalue weighted by Crippen LogP contribution is -2.09. The van der Waals surface area contributed by atoms with Gasteiger partial charge in [0.2, 0.25) is 0 Å². The van der Waals surface area contributed by atoms with E-state index < -0.39 is 11.9 Å². The van der Waals surface area contributed by atoms with E-state index in [0.29, 0.717) is 24.3 Å². The Morgan fingerprint density at radius 3 is 0.853 bits per heavy atom. The minimum atomic E-state index is -0.557. The summed E-state index contributed by atoms with van der Waals surface area (Å²) < 4.78 is 22.7. The molecule has 0 aliphatic heterocycles. The summed E-state index contributed by atoms with van der Waals surface area (Å²) in [5.74, 6) is 0.302. The molecule has 0 aromatic heterocycles. The number of Topliss-reactive ketones (excluding diaryl/α,β-unsaturated/α-hetero) is 2. The number of unbranched alkanes of at least 4 members (excludes halogenated alkanes) is 28. The van der Waals surface area contributed by atoms with Gasteiger partial charge in [0, 0.05) is 23.3 Å². The molecule has 0 bridgehead atoms. The summed E-state index contributed by atoms with van der Waals surface area (Å²) in [4.78, 5) is 51.1. The second kappa shape index (κ2) is 40.5. The molecule has 0 radical (unpaired) electrons. The van der Waals surface area contributed by atoms with Crippen molar-refractivity contribution in [3.05, 3.63) is 131 Å². The number of hydrogen-bond acceptors (Lipinski definition) is 8. The second-order valence-corrected chi connectivity index (χ2v) is 20.3. The first kappa shape index (κ1) is 61.8. The first-order valence-corrected chi connectivity index (χ1v) is 29.3. The molecule has 75 heavy (non-hydrogen) atoms. The zero-order chi connectivity index (χ0) is 53.2. The van der Waals surface area contributed by atoms with Crippen LogP contribution in [0.1, 0.15) is 245 Å². The molecule has 0 spiro atoms. The Morgan fingerprint density at radius 2 is 0.573 bits per heavy atom. The molecule has 0 unspecified atom stereocenters. The molecular formula is C67H92O8. The smallest absolute Gasteiger partial charge is 0.336 e. The summed E-state index contributed by atoms with van der Waals surface area (Å²) in [5.41, 5.74) is 2.30. The average molecular weight is 1030 g/mol. The van der Waals surface area contributed by atoms with Crippen LogP contribution in [0.25, 0.3) is 12.2 Å². The fourth-order valence-electron chi connectivity index (χ4n) is 9.07. The molecule has 0 atom stereocenters. The molecule has 8 heteroatoms. The van der Waals surface area contributed by atoms with Crippen LogP contribution in [0, 0.1) is 0 Å². The standard InChI is InChI=1S/C67H92O8/c1-3-5-7-9-11-13-15-17-19-21-23-25-27-29-31-53-72-60-43-33-56(34-44-60)37-51-66(70)74-62-47-39-58(40-48-62)64(68)55-65(69)59-41-49-63(50-42-59)75-67(71)52-38-57-35-45-61(46-36-57)73-54-32-30-28-26-24-22-20-18-16-14-12-10-8-6-4-2/h33-52H,3-32,53-55H2,1-2H3/b51-37+,52-38+. The van der Waals surface area contributed by atoms with E-state index in [-0.39, 0.29) is 29.5 Å².